The number of aromatic nitrogens is 4. The minimum absolute atomic E-state index is 0.105. The molecule has 0 radical (unpaired) electrons. The molecule has 3 N–H and O–H groups in total. The number of ether oxygens (including phenoxy) is 1. The number of anilines is 2. The summed E-state index contributed by atoms with van der Waals surface area (Å²) in [6.45, 7) is 0. The monoisotopic (exact) mass is 454 g/mol. The van der Waals surface area contributed by atoms with E-state index in [2.05, 4.69) is 15.3 Å². The number of nitrogens with zero attached hydrogens (tertiary/aromatic N) is 4. The average Bonchev–Trinajstić information content (AvgIpc) is 3.24. The van der Waals surface area contributed by atoms with Crippen molar-refractivity contribution >= 4 is 28.6 Å². The second-order valence-corrected chi connectivity index (χ2v) is 7.40. The number of methoxy groups -OCH3 is 1. The summed E-state index contributed by atoms with van der Waals surface area (Å²) in [5.41, 5.74) is 9.60. The van der Waals surface area contributed by atoms with Crippen LogP contribution in [0.4, 0.5) is 15.9 Å². The first kappa shape index (κ1) is 21.1. The number of hydrogen-bond donors (Lipinski definition) is 2. The SMILES string of the molecule is COc1ccc(NC(=O)c2ccc(-n3c(-c4cccnc4N)nc4cccnc43)cc2)cc1F. The molecule has 168 valence electrons. The minimum Gasteiger partial charge on any atom is -0.494 e. The molecule has 0 saturated carbocycles. The molecule has 9 heteroatoms. The third-order valence-corrected chi connectivity index (χ3v) is 5.29. The maximum Gasteiger partial charge on any atom is 0.255 e. The van der Waals surface area contributed by atoms with Gasteiger partial charge in [-0.15, -0.1) is 0 Å². The number of pyridine rings is 2. The van der Waals surface area contributed by atoms with Crippen molar-refractivity contribution in [1.82, 2.24) is 19.5 Å². The van der Waals surface area contributed by atoms with E-state index in [-0.39, 0.29) is 11.7 Å². The molecule has 0 atom stereocenters. The molecule has 2 aromatic carbocycles. The standard InChI is InChI=1S/C25H19FN6O2/c1-34-21-11-8-16(14-19(21)26)30-25(33)15-6-9-17(10-7-15)32-23(18-4-2-12-28-22(18)27)31-20-5-3-13-29-24(20)32/h2-14H,1H3,(H2,27,28)(H,30,33). The summed E-state index contributed by atoms with van der Waals surface area (Å²) in [6.07, 6.45) is 3.30. The van der Waals surface area contributed by atoms with Gasteiger partial charge >= 0.3 is 0 Å². The Morgan fingerprint density at radius 3 is 2.53 bits per heavy atom. The number of fused-ring (bicyclic) bond motifs is 1. The highest BCUT2D eigenvalue weighted by Gasteiger charge is 2.18. The predicted molar refractivity (Wildman–Crippen MR) is 127 cm³/mol. The van der Waals surface area contributed by atoms with Crippen LogP contribution in [-0.2, 0) is 0 Å². The molecular weight excluding hydrogens is 435 g/mol. The van der Waals surface area contributed by atoms with Gasteiger partial charge in [-0.1, -0.05) is 0 Å². The molecule has 5 rings (SSSR count). The van der Waals surface area contributed by atoms with Crippen molar-refractivity contribution in [2.75, 3.05) is 18.2 Å². The van der Waals surface area contributed by atoms with Crippen LogP contribution in [0.15, 0.2) is 79.1 Å². The predicted octanol–water partition coefficient (Wildman–Crippen LogP) is 4.46. The zero-order chi connectivity index (χ0) is 23.7. The minimum atomic E-state index is -0.558. The Morgan fingerprint density at radius 1 is 1.03 bits per heavy atom. The molecule has 0 aliphatic rings. The van der Waals surface area contributed by atoms with Crippen LogP contribution in [0.3, 0.4) is 0 Å². The lowest BCUT2D eigenvalue weighted by Crippen LogP contribution is -2.12. The smallest absolute Gasteiger partial charge is 0.255 e. The first-order valence-corrected chi connectivity index (χ1v) is 10.3. The lowest BCUT2D eigenvalue weighted by molar-refractivity contribution is 0.102. The van der Waals surface area contributed by atoms with E-state index in [0.717, 1.165) is 5.69 Å². The fourth-order valence-electron chi connectivity index (χ4n) is 3.65. The van der Waals surface area contributed by atoms with Crippen LogP contribution >= 0.6 is 0 Å². The van der Waals surface area contributed by atoms with E-state index in [9.17, 15) is 9.18 Å². The molecule has 1 amide bonds. The number of halogens is 1. The number of nitrogens with one attached hydrogen (secondary N) is 1. The molecule has 0 unspecified atom stereocenters. The number of hydrogen-bond acceptors (Lipinski definition) is 6. The van der Waals surface area contributed by atoms with E-state index in [1.807, 2.05) is 22.8 Å². The van der Waals surface area contributed by atoms with E-state index in [4.69, 9.17) is 15.5 Å². The van der Waals surface area contributed by atoms with Gasteiger partial charge in [0.25, 0.3) is 5.91 Å². The van der Waals surface area contributed by atoms with Crippen molar-refractivity contribution in [3.63, 3.8) is 0 Å². The molecule has 8 nitrogen and oxygen atoms in total. The highest BCUT2D eigenvalue weighted by atomic mass is 19.1. The number of amides is 1. The fraction of sp³-hybridized carbons (Fsp3) is 0.0400. The van der Waals surface area contributed by atoms with Gasteiger partial charge in [-0.25, -0.2) is 19.3 Å². The van der Waals surface area contributed by atoms with Gasteiger partial charge in [-0.05, 0) is 60.7 Å². The summed E-state index contributed by atoms with van der Waals surface area (Å²) >= 11 is 0. The van der Waals surface area contributed by atoms with E-state index in [1.165, 1.54) is 19.2 Å². The number of rotatable bonds is 5. The largest absolute Gasteiger partial charge is 0.494 e. The number of carbonyl (C=O) groups excluding carboxylic acids is 1. The van der Waals surface area contributed by atoms with Gasteiger partial charge in [0.05, 0.1) is 12.7 Å². The van der Waals surface area contributed by atoms with Gasteiger partial charge in [-0.3, -0.25) is 9.36 Å². The summed E-state index contributed by atoms with van der Waals surface area (Å²) in [5, 5.41) is 2.69. The van der Waals surface area contributed by atoms with Crippen LogP contribution in [0.25, 0.3) is 28.2 Å². The van der Waals surface area contributed by atoms with Gasteiger partial charge in [0.1, 0.15) is 11.3 Å². The third-order valence-electron chi connectivity index (χ3n) is 5.29. The van der Waals surface area contributed by atoms with Crippen LogP contribution in [0.1, 0.15) is 10.4 Å². The van der Waals surface area contributed by atoms with Crippen LogP contribution in [0, 0.1) is 5.82 Å². The van der Waals surface area contributed by atoms with Gasteiger partial charge in [-0.2, -0.15) is 0 Å². The summed E-state index contributed by atoms with van der Waals surface area (Å²) in [7, 11) is 1.38. The normalized spacial score (nSPS) is 10.9. The molecule has 5 aromatic rings. The number of benzene rings is 2. The summed E-state index contributed by atoms with van der Waals surface area (Å²) in [5.74, 6) is 0.111. The second-order valence-electron chi connectivity index (χ2n) is 7.40. The van der Waals surface area contributed by atoms with E-state index < -0.39 is 5.82 Å². The lowest BCUT2D eigenvalue weighted by Gasteiger charge is -2.11. The first-order valence-electron chi connectivity index (χ1n) is 10.3. The molecule has 0 spiro atoms. The quantitative estimate of drug-likeness (QED) is 0.406. The second kappa shape index (κ2) is 8.62. The molecule has 3 heterocycles. The first-order chi connectivity index (χ1) is 16.5. The fourth-order valence-corrected chi connectivity index (χ4v) is 3.65. The van der Waals surface area contributed by atoms with Gasteiger partial charge in [0.15, 0.2) is 23.0 Å². The van der Waals surface area contributed by atoms with E-state index in [0.29, 0.717) is 39.6 Å². The number of nitrogens with two attached hydrogens (primary N) is 1. The molecule has 0 bridgehead atoms. The maximum absolute atomic E-state index is 13.9. The Labute approximate surface area is 193 Å². The highest BCUT2D eigenvalue weighted by molar-refractivity contribution is 6.04. The molecule has 3 aromatic heterocycles. The number of carbonyl (C=O) groups is 1. The zero-order valence-corrected chi connectivity index (χ0v) is 18.1. The van der Waals surface area contributed by atoms with Crippen molar-refractivity contribution in [3.05, 3.63) is 90.5 Å². The molecular formula is C25H19FN6O2. The molecule has 0 aliphatic carbocycles. The summed E-state index contributed by atoms with van der Waals surface area (Å²) in [6, 6.07) is 18.5. The topological polar surface area (TPSA) is 108 Å². The highest BCUT2D eigenvalue weighted by Crippen LogP contribution is 2.30. The number of imidazole rings is 1. The average molecular weight is 454 g/mol. The van der Waals surface area contributed by atoms with Crippen molar-refractivity contribution < 1.29 is 13.9 Å². The molecule has 0 fully saturated rings. The maximum atomic E-state index is 13.9. The van der Waals surface area contributed by atoms with E-state index >= 15 is 0 Å². The Balaban J connectivity index is 1.50. The summed E-state index contributed by atoms with van der Waals surface area (Å²) < 4.78 is 20.7. The van der Waals surface area contributed by atoms with Crippen molar-refractivity contribution in [2.45, 2.75) is 0 Å². The van der Waals surface area contributed by atoms with Crippen molar-refractivity contribution in [3.8, 4) is 22.8 Å². The Kier molecular flexibility index (Phi) is 5.35. The van der Waals surface area contributed by atoms with Crippen LogP contribution in [0.2, 0.25) is 0 Å². The molecule has 0 aliphatic heterocycles. The van der Waals surface area contributed by atoms with Crippen LogP contribution in [-0.4, -0.2) is 32.5 Å². The number of nitrogen functional groups attached to an aromatic ring is 1. The van der Waals surface area contributed by atoms with Crippen LogP contribution < -0.4 is 15.8 Å². The summed E-state index contributed by atoms with van der Waals surface area (Å²) in [4.78, 5) is 26.1. The zero-order valence-electron chi connectivity index (χ0n) is 18.1. The van der Waals surface area contributed by atoms with E-state index in [1.54, 1.807) is 48.8 Å². The molecule has 0 saturated heterocycles. The van der Waals surface area contributed by atoms with Crippen molar-refractivity contribution in [2.24, 2.45) is 0 Å². The van der Waals surface area contributed by atoms with Gasteiger partial charge in [0, 0.05) is 35.4 Å². The Hall–Kier alpha value is -4.79. The third kappa shape index (κ3) is 3.79. The molecule has 34 heavy (non-hydrogen) atoms. The van der Waals surface area contributed by atoms with Crippen molar-refractivity contribution in [1.29, 1.82) is 0 Å². The van der Waals surface area contributed by atoms with Gasteiger partial charge in [0.2, 0.25) is 0 Å². The van der Waals surface area contributed by atoms with Crippen LogP contribution in [0.5, 0.6) is 5.75 Å². The lowest BCUT2D eigenvalue weighted by atomic mass is 10.1. The van der Waals surface area contributed by atoms with Gasteiger partial charge < -0.3 is 15.8 Å². The Morgan fingerprint density at radius 2 is 1.79 bits per heavy atom. The Bertz CT molecular complexity index is 1510.